The molecule has 0 aromatic heterocycles. The summed E-state index contributed by atoms with van der Waals surface area (Å²) in [6, 6.07) is 5.25. The number of phenols is 1. The monoisotopic (exact) mass is 444 g/mol. The van der Waals surface area contributed by atoms with E-state index in [-0.39, 0.29) is 47.5 Å². The molecular formula is C24H28O8. The van der Waals surface area contributed by atoms with Crippen LogP contribution in [0.4, 0.5) is 0 Å². The van der Waals surface area contributed by atoms with Crippen LogP contribution in [-0.4, -0.2) is 52.5 Å². The Balaban J connectivity index is 0.000000153. The molecular weight excluding hydrogens is 416 g/mol. The van der Waals surface area contributed by atoms with Gasteiger partial charge in [0.25, 0.3) is 0 Å². The maximum atomic E-state index is 11.3. The van der Waals surface area contributed by atoms with Crippen molar-refractivity contribution in [2.24, 2.45) is 5.92 Å². The van der Waals surface area contributed by atoms with Crippen LogP contribution in [0.5, 0.6) is 5.75 Å². The van der Waals surface area contributed by atoms with E-state index in [0.717, 1.165) is 24.0 Å². The smallest absolute Gasteiger partial charge is 0.333 e. The molecule has 1 aromatic rings. The summed E-state index contributed by atoms with van der Waals surface area (Å²) in [6.45, 7) is 9.78. The highest BCUT2D eigenvalue weighted by molar-refractivity contribution is 5.87. The minimum Gasteiger partial charge on any atom is -0.508 e. The Hall–Kier alpha value is -3.13. The standard InChI is InChI=1S/C13H14O3.C7H8O3.C4H6O2/c1-8(2)13(15)16-12-6-9-3-4-11(14)5-10(9)7-12;8-7-4-1-3-2-5(10-7)6(4)9-3;1-3(2)4(5)6/h3-5,12,14H,1,6-7H2,2H3;3-6H,1-2H2;1H2,2H3,(H,5,6). The van der Waals surface area contributed by atoms with Crippen LogP contribution in [0, 0.1) is 5.92 Å². The maximum Gasteiger partial charge on any atom is 0.333 e. The highest BCUT2D eigenvalue weighted by Crippen LogP contribution is 2.45. The second-order valence-electron chi connectivity index (χ2n) is 8.53. The molecule has 5 atom stereocenters. The normalized spacial score (nSPS) is 27.8. The number of carbonyl (C=O) groups excluding carboxylic acids is 2. The number of hydrogen-bond donors (Lipinski definition) is 2. The predicted octanol–water partition coefficient (Wildman–Crippen LogP) is 2.72. The van der Waals surface area contributed by atoms with Crippen molar-refractivity contribution >= 4 is 17.9 Å². The molecule has 0 radical (unpaired) electrons. The van der Waals surface area contributed by atoms with Crippen LogP contribution < -0.4 is 0 Å². The van der Waals surface area contributed by atoms with Gasteiger partial charge < -0.3 is 24.4 Å². The van der Waals surface area contributed by atoms with Gasteiger partial charge in [-0.3, -0.25) is 4.79 Å². The number of aromatic hydroxyl groups is 1. The molecule has 3 heterocycles. The molecule has 3 saturated heterocycles. The quantitative estimate of drug-likeness (QED) is 0.540. The van der Waals surface area contributed by atoms with Gasteiger partial charge in [0.05, 0.1) is 12.0 Å². The highest BCUT2D eigenvalue weighted by atomic mass is 16.6. The van der Waals surface area contributed by atoms with Gasteiger partial charge in [-0.1, -0.05) is 19.2 Å². The Morgan fingerprint density at radius 2 is 1.75 bits per heavy atom. The molecule has 1 aliphatic carbocycles. The Morgan fingerprint density at radius 3 is 2.28 bits per heavy atom. The fraction of sp³-hybridized carbons (Fsp3) is 0.458. The van der Waals surface area contributed by atoms with E-state index in [2.05, 4.69) is 13.2 Å². The van der Waals surface area contributed by atoms with Gasteiger partial charge in [-0.05, 0) is 43.5 Å². The zero-order valence-corrected chi connectivity index (χ0v) is 18.2. The van der Waals surface area contributed by atoms with Crippen LogP contribution in [-0.2, 0) is 41.4 Å². The number of ether oxygens (including phenoxy) is 3. The van der Waals surface area contributed by atoms with Gasteiger partial charge in [-0.15, -0.1) is 0 Å². The van der Waals surface area contributed by atoms with E-state index < -0.39 is 5.97 Å². The van der Waals surface area contributed by atoms with Crippen molar-refractivity contribution < 1.29 is 38.8 Å². The van der Waals surface area contributed by atoms with Crippen molar-refractivity contribution in [3.8, 4) is 5.75 Å². The Labute approximate surface area is 186 Å². The lowest BCUT2D eigenvalue weighted by Gasteiger charge is -2.10. The van der Waals surface area contributed by atoms with Crippen LogP contribution in [0.2, 0.25) is 0 Å². The minimum absolute atomic E-state index is 0.0324. The molecule has 3 aliphatic heterocycles. The van der Waals surface area contributed by atoms with Crippen LogP contribution in [0.1, 0.15) is 37.8 Å². The topological polar surface area (TPSA) is 119 Å². The second kappa shape index (κ2) is 9.56. The zero-order valence-electron chi connectivity index (χ0n) is 18.2. The fourth-order valence-corrected chi connectivity index (χ4v) is 4.16. The molecule has 2 N–H and O–H groups in total. The number of carboxylic acids is 1. The summed E-state index contributed by atoms with van der Waals surface area (Å²) in [5, 5.41) is 17.2. The fourth-order valence-electron chi connectivity index (χ4n) is 4.16. The summed E-state index contributed by atoms with van der Waals surface area (Å²) >= 11 is 0. The van der Waals surface area contributed by atoms with Gasteiger partial charge in [-0.2, -0.15) is 0 Å². The molecule has 32 heavy (non-hydrogen) atoms. The van der Waals surface area contributed by atoms with Crippen molar-refractivity contribution in [1.29, 1.82) is 0 Å². The van der Waals surface area contributed by atoms with Gasteiger partial charge in [0, 0.05) is 30.4 Å². The largest absolute Gasteiger partial charge is 0.508 e. The average molecular weight is 444 g/mol. The summed E-state index contributed by atoms with van der Waals surface area (Å²) < 4.78 is 15.8. The molecule has 8 nitrogen and oxygen atoms in total. The highest BCUT2D eigenvalue weighted by Gasteiger charge is 2.58. The molecule has 3 fully saturated rings. The first-order valence-corrected chi connectivity index (χ1v) is 10.5. The number of fused-ring (bicyclic) bond motifs is 2. The number of carbonyl (C=O) groups is 3. The number of hydrogen-bond acceptors (Lipinski definition) is 7. The molecule has 1 aromatic carbocycles. The van der Waals surface area contributed by atoms with Crippen LogP contribution in [0.25, 0.3) is 0 Å². The predicted molar refractivity (Wildman–Crippen MR) is 114 cm³/mol. The number of phenolic OH excluding ortho intramolecular Hbond substituents is 1. The summed E-state index contributed by atoms with van der Waals surface area (Å²) in [6.07, 6.45) is 3.66. The van der Waals surface area contributed by atoms with Crippen molar-refractivity contribution in [1.82, 2.24) is 0 Å². The van der Waals surface area contributed by atoms with E-state index >= 15 is 0 Å². The number of benzene rings is 1. The number of carboxylic acid groups (broad SMARTS) is 1. The maximum absolute atomic E-state index is 11.3. The molecule has 8 heteroatoms. The average Bonchev–Trinajstić information content (AvgIpc) is 3.43. The van der Waals surface area contributed by atoms with Crippen LogP contribution in [0.15, 0.2) is 42.5 Å². The van der Waals surface area contributed by atoms with E-state index in [1.54, 1.807) is 19.1 Å². The van der Waals surface area contributed by atoms with E-state index in [0.29, 0.717) is 24.5 Å². The third-order valence-corrected chi connectivity index (χ3v) is 5.77. The van der Waals surface area contributed by atoms with Crippen LogP contribution in [0.3, 0.4) is 0 Å². The van der Waals surface area contributed by atoms with E-state index in [9.17, 15) is 19.5 Å². The van der Waals surface area contributed by atoms with Gasteiger partial charge in [0.15, 0.2) is 0 Å². The van der Waals surface area contributed by atoms with Crippen molar-refractivity contribution in [3.63, 3.8) is 0 Å². The lowest BCUT2D eigenvalue weighted by Crippen LogP contribution is -2.22. The SMILES string of the molecule is C=C(C)C(=O)O.C=C(C)C(=O)OC1Cc2ccc(O)cc2C1.O=C1OC2CC3CC1C2O3. The molecule has 0 saturated carbocycles. The Bertz CT molecular complexity index is 935. The molecule has 0 spiro atoms. The number of aliphatic carboxylic acids is 1. The zero-order chi connectivity index (χ0) is 23.6. The van der Waals surface area contributed by atoms with Crippen molar-refractivity contribution in [3.05, 3.63) is 53.6 Å². The first-order chi connectivity index (χ1) is 15.0. The lowest BCUT2D eigenvalue weighted by atomic mass is 9.90. The first-order valence-electron chi connectivity index (χ1n) is 10.5. The summed E-state index contributed by atoms with van der Waals surface area (Å²) in [4.78, 5) is 31.9. The molecule has 172 valence electrons. The van der Waals surface area contributed by atoms with Gasteiger partial charge in [0.2, 0.25) is 0 Å². The van der Waals surface area contributed by atoms with E-state index in [1.807, 2.05) is 6.07 Å². The summed E-state index contributed by atoms with van der Waals surface area (Å²) in [5.41, 5.74) is 2.78. The second-order valence-corrected chi connectivity index (χ2v) is 8.53. The molecule has 5 rings (SSSR count). The first kappa shape index (κ1) is 23.5. The van der Waals surface area contributed by atoms with Crippen LogP contribution >= 0.6 is 0 Å². The summed E-state index contributed by atoms with van der Waals surface area (Å²) in [7, 11) is 0. The Kier molecular flexibility index (Phi) is 7.03. The van der Waals surface area contributed by atoms with Crippen molar-refractivity contribution in [2.75, 3.05) is 0 Å². The third kappa shape index (κ3) is 5.37. The van der Waals surface area contributed by atoms with E-state index in [4.69, 9.17) is 19.3 Å². The molecule has 2 bridgehead atoms. The molecule has 5 unspecified atom stereocenters. The number of esters is 2. The number of rotatable bonds is 3. The van der Waals surface area contributed by atoms with Crippen molar-refractivity contribution in [2.45, 2.75) is 63.9 Å². The molecule has 4 aliphatic rings. The van der Waals surface area contributed by atoms with Gasteiger partial charge >= 0.3 is 17.9 Å². The van der Waals surface area contributed by atoms with Gasteiger partial charge in [0.1, 0.15) is 24.1 Å². The van der Waals surface area contributed by atoms with E-state index in [1.165, 1.54) is 6.92 Å². The lowest BCUT2D eigenvalue weighted by molar-refractivity contribution is -0.144. The third-order valence-electron chi connectivity index (χ3n) is 5.77. The summed E-state index contributed by atoms with van der Waals surface area (Å²) in [5.74, 6) is -0.971. The minimum atomic E-state index is -0.935. The molecule has 0 amide bonds. The van der Waals surface area contributed by atoms with Gasteiger partial charge in [-0.25, -0.2) is 9.59 Å². The Morgan fingerprint density at radius 1 is 1.09 bits per heavy atom.